The Kier molecular flexibility index (Phi) is 4.90. The van der Waals surface area contributed by atoms with Gasteiger partial charge in [0.25, 0.3) is 0 Å². The second-order valence-electron chi connectivity index (χ2n) is 4.82. The van der Waals surface area contributed by atoms with Gasteiger partial charge in [-0.2, -0.15) is 13.2 Å². The summed E-state index contributed by atoms with van der Waals surface area (Å²) in [6, 6.07) is 2.81. The van der Waals surface area contributed by atoms with Gasteiger partial charge in [0.15, 0.2) is 0 Å². The van der Waals surface area contributed by atoms with Gasteiger partial charge in [-0.05, 0) is 50.7 Å². The van der Waals surface area contributed by atoms with Crippen LogP contribution in [-0.2, 0) is 4.74 Å². The maximum atomic E-state index is 13.6. The highest BCUT2D eigenvalue weighted by Gasteiger charge is 2.29. The number of rotatable bonds is 2. The summed E-state index contributed by atoms with van der Waals surface area (Å²) in [5.41, 5.74) is -5.50. The Labute approximate surface area is 117 Å². The van der Waals surface area contributed by atoms with E-state index < -0.39 is 34.8 Å². The lowest BCUT2D eigenvalue weighted by Crippen LogP contribution is -2.27. The number of nitrogens with one attached hydrogen (secondary N) is 1. The van der Waals surface area contributed by atoms with Gasteiger partial charge in [0.1, 0.15) is 11.4 Å². The first kappa shape index (κ1) is 16.6. The van der Waals surface area contributed by atoms with E-state index in [4.69, 9.17) is 4.74 Å². The number of amides is 1. The Hall–Kier alpha value is -1.44. The lowest BCUT2D eigenvalue weighted by molar-refractivity contribution is -0.0328. The van der Waals surface area contributed by atoms with Crippen LogP contribution in [0.3, 0.4) is 0 Å². The third-order valence-corrected chi connectivity index (χ3v) is 2.53. The fraction of sp³-hybridized carbons (Fsp3) is 0.417. The summed E-state index contributed by atoms with van der Waals surface area (Å²) in [4.78, 5) is 11.1. The maximum Gasteiger partial charge on any atom is 0.446 e. The van der Waals surface area contributed by atoms with E-state index in [9.17, 15) is 22.4 Å². The average molecular weight is 311 g/mol. The molecule has 0 saturated carbocycles. The Morgan fingerprint density at radius 2 is 1.85 bits per heavy atom. The number of hydrogen-bond donors (Lipinski definition) is 1. The van der Waals surface area contributed by atoms with Crippen LogP contribution in [0, 0.1) is 5.82 Å². The van der Waals surface area contributed by atoms with Crippen molar-refractivity contribution in [2.75, 3.05) is 5.32 Å². The topological polar surface area (TPSA) is 38.3 Å². The van der Waals surface area contributed by atoms with Crippen LogP contribution < -0.4 is 5.32 Å². The molecule has 0 spiro atoms. The highest BCUT2D eigenvalue weighted by Crippen LogP contribution is 2.37. The SMILES string of the molecule is CC(C)(C)OC(=O)Nc1ccc(SC(F)(F)F)cc1F. The van der Waals surface area contributed by atoms with Crippen molar-refractivity contribution in [3.63, 3.8) is 0 Å². The van der Waals surface area contributed by atoms with Gasteiger partial charge in [0.05, 0.1) is 5.69 Å². The van der Waals surface area contributed by atoms with Gasteiger partial charge in [-0.25, -0.2) is 9.18 Å². The minimum absolute atomic E-state index is 0.245. The molecule has 20 heavy (non-hydrogen) atoms. The number of thioether (sulfide) groups is 1. The Bertz CT molecular complexity index is 497. The van der Waals surface area contributed by atoms with Crippen molar-refractivity contribution in [3.05, 3.63) is 24.0 Å². The number of carbonyl (C=O) groups excluding carboxylic acids is 1. The summed E-state index contributed by atoms with van der Waals surface area (Å²) in [5.74, 6) is -0.967. The number of ether oxygens (including phenoxy) is 1. The van der Waals surface area contributed by atoms with E-state index in [2.05, 4.69) is 5.32 Å². The standard InChI is InChI=1S/C12H13F4NO2S/c1-11(2,3)19-10(18)17-9-5-4-7(6-8(9)13)20-12(14,15)16/h4-6H,1-3H3,(H,17,18). The Morgan fingerprint density at radius 1 is 1.25 bits per heavy atom. The number of benzene rings is 1. The first-order valence-electron chi connectivity index (χ1n) is 5.51. The molecule has 1 N–H and O–H groups in total. The summed E-state index contributed by atoms with van der Waals surface area (Å²) < 4.78 is 54.8. The van der Waals surface area contributed by atoms with Gasteiger partial charge >= 0.3 is 11.6 Å². The zero-order valence-electron chi connectivity index (χ0n) is 11.0. The Morgan fingerprint density at radius 3 is 2.30 bits per heavy atom. The van der Waals surface area contributed by atoms with E-state index in [0.717, 1.165) is 12.1 Å². The molecule has 112 valence electrons. The molecule has 3 nitrogen and oxygen atoms in total. The van der Waals surface area contributed by atoms with Crippen molar-refractivity contribution in [2.45, 2.75) is 36.8 Å². The summed E-state index contributed by atoms with van der Waals surface area (Å²) >= 11 is -0.431. The molecule has 0 unspecified atom stereocenters. The third-order valence-electron chi connectivity index (χ3n) is 1.81. The molecule has 1 amide bonds. The fourth-order valence-electron chi connectivity index (χ4n) is 1.21. The molecule has 0 bridgehead atoms. The maximum absolute atomic E-state index is 13.6. The predicted octanol–water partition coefficient (Wildman–Crippen LogP) is 4.78. The number of alkyl halides is 3. The molecule has 0 aliphatic rings. The van der Waals surface area contributed by atoms with Gasteiger partial charge in [-0.15, -0.1) is 0 Å². The van der Waals surface area contributed by atoms with Gasteiger partial charge in [0.2, 0.25) is 0 Å². The molecule has 0 saturated heterocycles. The minimum Gasteiger partial charge on any atom is -0.444 e. The predicted molar refractivity (Wildman–Crippen MR) is 68.2 cm³/mol. The Balaban J connectivity index is 2.76. The van der Waals surface area contributed by atoms with E-state index in [1.807, 2.05) is 0 Å². The molecule has 0 aliphatic heterocycles. The smallest absolute Gasteiger partial charge is 0.444 e. The lowest BCUT2D eigenvalue weighted by Gasteiger charge is -2.19. The van der Waals surface area contributed by atoms with Crippen LogP contribution in [0.25, 0.3) is 0 Å². The number of carbonyl (C=O) groups is 1. The van der Waals surface area contributed by atoms with Crippen molar-refractivity contribution < 1.29 is 27.1 Å². The summed E-state index contributed by atoms with van der Waals surface area (Å²) in [6.07, 6.45) is -0.882. The van der Waals surface area contributed by atoms with Crippen LogP contribution in [0.15, 0.2) is 23.1 Å². The minimum atomic E-state index is -4.49. The summed E-state index contributed by atoms with van der Waals surface area (Å²) in [7, 11) is 0. The highest BCUT2D eigenvalue weighted by molar-refractivity contribution is 8.00. The molecular formula is C12H13F4NO2S. The quantitative estimate of drug-likeness (QED) is 0.630. The lowest BCUT2D eigenvalue weighted by atomic mass is 10.2. The first-order chi connectivity index (χ1) is 8.96. The fourth-order valence-corrected chi connectivity index (χ4v) is 1.77. The van der Waals surface area contributed by atoms with Crippen LogP contribution in [0.2, 0.25) is 0 Å². The molecule has 0 aromatic heterocycles. The van der Waals surface area contributed by atoms with Gasteiger partial charge in [-0.3, -0.25) is 5.32 Å². The highest BCUT2D eigenvalue weighted by atomic mass is 32.2. The van der Waals surface area contributed by atoms with Crippen molar-refractivity contribution in [3.8, 4) is 0 Å². The average Bonchev–Trinajstić information content (AvgIpc) is 2.17. The molecule has 0 atom stereocenters. The summed E-state index contributed by atoms with van der Waals surface area (Å²) in [5, 5.41) is 2.13. The van der Waals surface area contributed by atoms with E-state index in [1.54, 1.807) is 20.8 Å². The molecule has 1 aromatic rings. The first-order valence-corrected chi connectivity index (χ1v) is 6.33. The number of hydrogen-bond acceptors (Lipinski definition) is 3. The zero-order valence-corrected chi connectivity index (χ0v) is 11.8. The van der Waals surface area contributed by atoms with E-state index in [0.29, 0.717) is 6.07 Å². The molecule has 0 heterocycles. The van der Waals surface area contributed by atoms with Crippen molar-refractivity contribution in [1.82, 2.24) is 0 Å². The number of halogens is 4. The molecule has 1 rings (SSSR count). The molecule has 1 aromatic carbocycles. The van der Waals surface area contributed by atoms with Crippen LogP contribution in [0.4, 0.5) is 28.0 Å². The molecule has 8 heteroatoms. The summed E-state index contributed by atoms with van der Waals surface area (Å²) in [6.45, 7) is 4.89. The van der Waals surface area contributed by atoms with Crippen molar-refractivity contribution >= 4 is 23.5 Å². The van der Waals surface area contributed by atoms with E-state index in [1.165, 1.54) is 0 Å². The van der Waals surface area contributed by atoms with Crippen LogP contribution in [-0.4, -0.2) is 17.2 Å². The molecule has 0 fully saturated rings. The van der Waals surface area contributed by atoms with Crippen molar-refractivity contribution in [2.24, 2.45) is 0 Å². The zero-order chi connectivity index (χ0) is 15.6. The van der Waals surface area contributed by atoms with Crippen LogP contribution in [0.5, 0.6) is 0 Å². The number of anilines is 1. The molecule has 0 radical (unpaired) electrons. The van der Waals surface area contributed by atoms with Crippen molar-refractivity contribution in [1.29, 1.82) is 0 Å². The normalized spacial score (nSPS) is 12.2. The van der Waals surface area contributed by atoms with Gasteiger partial charge in [-0.1, -0.05) is 0 Å². The molecular weight excluding hydrogens is 298 g/mol. The van der Waals surface area contributed by atoms with E-state index in [-0.39, 0.29) is 10.6 Å². The largest absolute Gasteiger partial charge is 0.446 e. The monoisotopic (exact) mass is 311 g/mol. The third kappa shape index (κ3) is 6.14. The molecule has 0 aliphatic carbocycles. The van der Waals surface area contributed by atoms with Crippen LogP contribution >= 0.6 is 11.8 Å². The van der Waals surface area contributed by atoms with Crippen LogP contribution in [0.1, 0.15) is 20.8 Å². The van der Waals surface area contributed by atoms with Gasteiger partial charge < -0.3 is 4.74 Å². The second-order valence-corrected chi connectivity index (χ2v) is 5.95. The second kappa shape index (κ2) is 5.90. The van der Waals surface area contributed by atoms with E-state index >= 15 is 0 Å². The van der Waals surface area contributed by atoms with Gasteiger partial charge in [0, 0.05) is 4.90 Å².